The second-order valence-electron chi connectivity index (χ2n) is 8.74. The van der Waals surface area contributed by atoms with Gasteiger partial charge in [-0.2, -0.15) is 0 Å². The van der Waals surface area contributed by atoms with E-state index in [2.05, 4.69) is 6.08 Å². The molecule has 0 amide bonds. The lowest BCUT2D eigenvalue weighted by Gasteiger charge is -2.28. The van der Waals surface area contributed by atoms with Crippen LogP contribution in [0.2, 0.25) is 0 Å². The number of allylic oxidation sites excluding steroid dienone is 1. The molecule has 1 aliphatic rings. The minimum absolute atomic E-state index is 0.111. The van der Waals surface area contributed by atoms with Crippen LogP contribution in [0.5, 0.6) is 0 Å². The van der Waals surface area contributed by atoms with Crippen LogP contribution in [0.15, 0.2) is 60.7 Å². The fourth-order valence-corrected chi connectivity index (χ4v) is 4.58. The predicted octanol–water partition coefficient (Wildman–Crippen LogP) is 8.57. The van der Waals surface area contributed by atoms with Gasteiger partial charge in [0.1, 0.15) is 0 Å². The third kappa shape index (κ3) is 4.80. The third-order valence-corrected chi connectivity index (χ3v) is 6.42. The highest BCUT2D eigenvalue weighted by Gasteiger charge is 2.26. The van der Waals surface area contributed by atoms with Crippen LogP contribution in [0.4, 0.5) is 17.6 Å². The van der Waals surface area contributed by atoms with Gasteiger partial charge in [0.05, 0.1) is 12.7 Å². The SMILES string of the molecule is C/C=C/C1CCC(c2ccc(-c3ccc(-c4ccc(CCC)c(F)c4F)cc3)c(F)c2F)OC1. The van der Waals surface area contributed by atoms with Crippen LogP contribution in [-0.4, -0.2) is 6.61 Å². The van der Waals surface area contributed by atoms with E-state index in [-0.39, 0.29) is 16.7 Å². The Morgan fingerprint density at radius 3 is 1.97 bits per heavy atom. The van der Waals surface area contributed by atoms with Gasteiger partial charge in [-0.25, -0.2) is 17.6 Å². The highest BCUT2D eigenvalue weighted by Crippen LogP contribution is 2.36. The van der Waals surface area contributed by atoms with Crippen molar-refractivity contribution < 1.29 is 22.3 Å². The van der Waals surface area contributed by atoms with E-state index in [1.807, 2.05) is 19.9 Å². The smallest absolute Gasteiger partial charge is 0.167 e. The van der Waals surface area contributed by atoms with E-state index >= 15 is 4.39 Å². The molecule has 1 aliphatic heterocycles. The summed E-state index contributed by atoms with van der Waals surface area (Å²) < 4.78 is 64.7. The summed E-state index contributed by atoms with van der Waals surface area (Å²) in [6.45, 7) is 4.33. The zero-order chi connectivity index (χ0) is 24.2. The summed E-state index contributed by atoms with van der Waals surface area (Å²) in [5, 5.41) is 0. The van der Waals surface area contributed by atoms with E-state index in [1.54, 1.807) is 48.5 Å². The molecule has 0 aromatic heterocycles. The normalized spacial score (nSPS) is 18.5. The molecule has 3 aromatic rings. The molecule has 0 aliphatic carbocycles. The van der Waals surface area contributed by atoms with Crippen molar-refractivity contribution in [2.45, 2.75) is 45.6 Å². The van der Waals surface area contributed by atoms with Gasteiger partial charge in [0.15, 0.2) is 23.3 Å². The van der Waals surface area contributed by atoms with Gasteiger partial charge in [-0.05, 0) is 42.9 Å². The molecular formula is C29H28F4O. The van der Waals surface area contributed by atoms with Gasteiger partial charge in [-0.15, -0.1) is 0 Å². The molecule has 0 bridgehead atoms. The lowest BCUT2D eigenvalue weighted by molar-refractivity contribution is -0.00743. The van der Waals surface area contributed by atoms with Crippen LogP contribution < -0.4 is 0 Å². The maximum atomic E-state index is 15.0. The van der Waals surface area contributed by atoms with E-state index in [9.17, 15) is 13.2 Å². The van der Waals surface area contributed by atoms with Crippen LogP contribution in [-0.2, 0) is 11.2 Å². The largest absolute Gasteiger partial charge is 0.373 e. The maximum absolute atomic E-state index is 15.0. The van der Waals surface area contributed by atoms with Crippen LogP contribution >= 0.6 is 0 Å². The summed E-state index contributed by atoms with van der Waals surface area (Å²) in [5.74, 6) is -3.28. The first-order valence-corrected chi connectivity index (χ1v) is 11.7. The fourth-order valence-electron chi connectivity index (χ4n) is 4.58. The molecule has 1 saturated heterocycles. The van der Waals surface area contributed by atoms with Gasteiger partial charge in [-0.3, -0.25) is 0 Å². The summed E-state index contributed by atoms with van der Waals surface area (Å²) in [6.07, 6.45) is 6.23. The van der Waals surface area contributed by atoms with Crippen molar-refractivity contribution in [3.63, 3.8) is 0 Å². The lowest BCUT2D eigenvalue weighted by atomic mass is 9.92. The predicted molar refractivity (Wildman–Crippen MR) is 127 cm³/mol. The van der Waals surface area contributed by atoms with Gasteiger partial charge in [0, 0.05) is 22.6 Å². The molecule has 4 rings (SSSR count). The number of benzene rings is 3. The maximum Gasteiger partial charge on any atom is 0.167 e. The Bertz CT molecular complexity index is 1180. The van der Waals surface area contributed by atoms with Crippen molar-refractivity contribution in [2.75, 3.05) is 6.61 Å². The standard InChI is InChI=1S/C29H28F4O/c1-3-5-18-7-16-25(34-17-18)24-15-14-23(28(32)29(24)33)20-10-8-19(9-11-20)22-13-12-21(6-4-2)26(30)27(22)31/h3,5,8-15,18,25H,4,6-7,16-17H2,1-2H3/b5-3+. The molecule has 1 nitrogen and oxygen atoms in total. The Hall–Kier alpha value is -2.92. The molecule has 0 saturated carbocycles. The summed E-state index contributed by atoms with van der Waals surface area (Å²) in [6, 6.07) is 12.6. The number of hydrogen-bond donors (Lipinski definition) is 0. The molecule has 0 spiro atoms. The molecule has 2 unspecified atom stereocenters. The second kappa shape index (κ2) is 10.6. The lowest BCUT2D eigenvalue weighted by Crippen LogP contribution is -2.20. The van der Waals surface area contributed by atoms with E-state index in [0.29, 0.717) is 42.1 Å². The molecule has 178 valence electrons. The minimum atomic E-state index is -0.939. The van der Waals surface area contributed by atoms with E-state index in [4.69, 9.17) is 4.74 Å². The Kier molecular flexibility index (Phi) is 7.52. The van der Waals surface area contributed by atoms with Gasteiger partial charge in [0.2, 0.25) is 0 Å². The van der Waals surface area contributed by atoms with E-state index in [0.717, 1.165) is 12.8 Å². The first-order chi connectivity index (χ1) is 16.4. The first-order valence-electron chi connectivity index (χ1n) is 11.7. The van der Waals surface area contributed by atoms with Crippen molar-refractivity contribution in [1.29, 1.82) is 0 Å². The molecule has 1 fully saturated rings. The molecule has 34 heavy (non-hydrogen) atoms. The molecule has 5 heteroatoms. The Balaban J connectivity index is 1.57. The fraction of sp³-hybridized carbons (Fsp3) is 0.310. The molecule has 2 atom stereocenters. The third-order valence-electron chi connectivity index (χ3n) is 6.42. The quantitative estimate of drug-likeness (QED) is 0.260. The highest BCUT2D eigenvalue weighted by atomic mass is 19.2. The summed E-state index contributed by atoms with van der Waals surface area (Å²) in [4.78, 5) is 0. The topological polar surface area (TPSA) is 9.23 Å². The van der Waals surface area contributed by atoms with Crippen molar-refractivity contribution in [2.24, 2.45) is 5.92 Å². The Labute approximate surface area is 198 Å². The van der Waals surface area contributed by atoms with Gasteiger partial charge < -0.3 is 4.74 Å². The van der Waals surface area contributed by atoms with Crippen LogP contribution in [0.25, 0.3) is 22.3 Å². The number of hydrogen-bond acceptors (Lipinski definition) is 1. The summed E-state index contributed by atoms with van der Waals surface area (Å²) in [7, 11) is 0. The van der Waals surface area contributed by atoms with Crippen molar-refractivity contribution in [3.05, 3.63) is 95.1 Å². The number of aryl methyl sites for hydroxylation is 1. The van der Waals surface area contributed by atoms with Crippen molar-refractivity contribution in [3.8, 4) is 22.3 Å². The molecule has 0 N–H and O–H groups in total. The van der Waals surface area contributed by atoms with Crippen LogP contribution in [0, 0.1) is 29.2 Å². The molecule has 1 heterocycles. The zero-order valence-corrected chi connectivity index (χ0v) is 19.4. The van der Waals surface area contributed by atoms with Crippen LogP contribution in [0.3, 0.4) is 0 Å². The van der Waals surface area contributed by atoms with Gasteiger partial charge in [0.25, 0.3) is 0 Å². The second-order valence-corrected chi connectivity index (χ2v) is 8.74. The molecular weight excluding hydrogens is 440 g/mol. The molecule has 0 radical (unpaired) electrons. The summed E-state index contributed by atoms with van der Waals surface area (Å²) >= 11 is 0. The minimum Gasteiger partial charge on any atom is -0.373 e. The Morgan fingerprint density at radius 2 is 1.41 bits per heavy atom. The van der Waals surface area contributed by atoms with Gasteiger partial charge >= 0.3 is 0 Å². The zero-order valence-electron chi connectivity index (χ0n) is 19.4. The van der Waals surface area contributed by atoms with Crippen molar-refractivity contribution in [1.82, 2.24) is 0 Å². The monoisotopic (exact) mass is 468 g/mol. The van der Waals surface area contributed by atoms with Gasteiger partial charge in [-0.1, -0.05) is 74.0 Å². The summed E-state index contributed by atoms with van der Waals surface area (Å²) in [5.41, 5.74) is 1.73. The van der Waals surface area contributed by atoms with Crippen molar-refractivity contribution >= 4 is 0 Å². The highest BCUT2D eigenvalue weighted by molar-refractivity contribution is 5.71. The first kappa shape index (κ1) is 24.2. The van der Waals surface area contributed by atoms with E-state index in [1.165, 1.54) is 0 Å². The number of ether oxygens (including phenoxy) is 1. The number of rotatable bonds is 6. The van der Waals surface area contributed by atoms with E-state index < -0.39 is 29.4 Å². The average molecular weight is 469 g/mol. The Morgan fingerprint density at radius 1 is 0.794 bits per heavy atom. The molecule has 3 aromatic carbocycles. The number of halogens is 4. The average Bonchev–Trinajstić information content (AvgIpc) is 2.85. The van der Waals surface area contributed by atoms with Crippen LogP contribution in [0.1, 0.15) is 50.3 Å².